The number of rotatable bonds is 6. The lowest BCUT2D eigenvalue weighted by atomic mass is 9.70. The third kappa shape index (κ3) is 3.67. The van der Waals surface area contributed by atoms with Gasteiger partial charge in [0.05, 0.1) is 10.0 Å². The van der Waals surface area contributed by atoms with Crippen LogP contribution in [-0.2, 0) is 0 Å². The largest absolute Gasteiger partial charge is 0.369 e. The predicted molar refractivity (Wildman–Crippen MR) is 83.5 cm³/mol. The molecule has 0 spiro atoms. The fraction of sp³-hybridized carbons (Fsp3) is 0.643. The molecule has 0 aromatic carbocycles. The van der Waals surface area contributed by atoms with Gasteiger partial charge in [-0.2, -0.15) is 0 Å². The molecule has 1 saturated carbocycles. The Balaban J connectivity index is 2.05. The number of hydrogen-bond acceptors (Lipinski definition) is 3. The second kappa shape index (κ2) is 6.19. The van der Waals surface area contributed by atoms with E-state index in [0.717, 1.165) is 25.3 Å². The highest BCUT2D eigenvalue weighted by Crippen LogP contribution is 2.40. The molecule has 1 aliphatic rings. The quantitative estimate of drug-likeness (QED) is 0.791. The van der Waals surface area contributed by atoms with Crippen molar-refractivity contribution < 1.29 is 0 Å². The van der Waals surface area contributed by atoms with E-state index in [0.29, 0.717) is 21.3 Å². The van der Waals surface area contributed by atoms with Crippen molar-refractivity contribution in [1.82, 2.24) is 4.98 Å². The van der Waals surface area contributed by atoms with Gasteiger partial charge in [0.15, 0.2) is 0 Å². The van der Waals surface area contributed by atoms with Gasteiger partial charge in [0, 0.05) is 13.1 Å². The first-order valence-electron chi connectivity index (χ1n) is 6.88. The minimum Gasteiger partial charge on any atom is -0.369 e. The molecular formula is C14H21Cl2N3. The third-order valence-corrected chi connectivity index (χ3v) is 4.29. The van der Waals surface area contributed by atoms with Gasteiger partial charge in [-0.05, 0) is 30.7 Å². The zero-order valence-corrected chi connectivity index (χ0v) is 13.0. The number of anilines is 2. The van der Waals surface area contributed by atoms with Crippen LogP contribution in [0.4, 0.5) is 11.6 Å². The van der Waals surface area contributed by atoms with Gasteiger partial charge in [-0.15, -0.1) is 0 Å². The van der Waals surface area contributed by atoms with Crippen LogP contribution in [0.5, 0.6) is 0 Å². The zero-order chi connectivity index (χ0) is 13.9. The SMILES string of the molecule is CCCNc1nc(NCC2(C)CCC2)c(Cl)cc1Cl. The van der Waals surface area contributed by atoms with Gasteiger partial charge in [-0.25, -0.2) is 4.98 Å². The smallest absolute Gasteiger partial charge is 0.147 e. The molecule has 1 aromatic rings. The Morgan fingerprint density at radius 1 is 1.21 bits per heavy atom. The van der Waals surface area contributed by atoms with E-state index in [9.17, 15) is 0 Å². The van der Waals surface area contributed by atoms with E-state index >= 15 is 0 Å². The van der Waals surface area contributed by atoms with Gasteiger partial charge >= 0.3 is 0 Å². The molecule has 0 amide bonds. The summed E-state index contributed by atoms with van der Waals surface area (Å²) in [7, 11) is 0. The summed E-state index contributed by atoms with van der Waals surface area (Å²) in [5.74, 6) is 1.42. The second-order valence-corrected chi connectivity index (χ2v) is 6.41. The maximum absolute atomic E-state index is 6.19. The monoisotopic (exact) mass is 301 g/mol. The molecule has 0 radical (unpaired) electrons. The molecule has 1 aliphatic carbocycles. The third-order valence-electron chi connectivity index (χ3n) is 3.72. The standard InChI is InChI=1S/C14H21Cl2N3/c1-3-7-17-12-10(15)8-11(16)13(19-12)18-9-14(2)5-4-6-14/h8H,3-7,9H2,1-2H3,(H2,17,18,19). The molecule has 0 bridgehead atoms. The Hall–Kier alpha value is -0.670. The second-order valence-electron chi connectivity index (χ2n) is 5.59. The topological polar surface area (TPSA) is 37.0 Å². The minimum absolute atomic E-state index is 0.391. The molecule has 106 valence electrons. The number of pyridine rings is 1. The molecule has 1 aromatic heterocycles. The van der Waals surface area contributed by atoms with E-state index in [4.69, 9.17) is 23.2 Å². The van der Waals surface area contributed by atoms with Crippen molar-refractivity contribution >= 4 is 34.8 Å². The van der Waals surface area contributed by atoms with Crippen molar-refractivity contribution in [2.24, 2.45) is 5.41 Å². The van der Waals surface area contributed by atoms with Crippen LogP contribution < -0.4 is 10.6 Å². The highest BCUT2D eigenvalue weighted by molar-refractivity contribution is 6.37. The lowest BCUT2D eigenvalue weighted by Gasteiger charge is -2.38. The lowest BCUT2D eigenvalue weighted by molar-refractivity contribution is 0.180. The van der Waals surface area contributed by atoms with Gasteiger partial charge in [-0.1, -0.05) is 43.5 Å². The predicted octanol–water partition coefficient (Wildman–Crippen LogP) is 4.81. The minimum atomic E-state index is 0.391. The van der Waals surface area contributed by atoms with E-state index in [1.165, 1.54) is 19.3 Å². The number of hydrogen-bond donors (Lipinski definition) is 2. The van der Waals surface area contributed by atoms with E-state index in [2.05, 4.69) is 29.5 Å². The molecule has 1 heterocycles. The lowest BCUT2D eigenvalue weighted by Crippen LogP contribution is -2.33. The van der Waals surface area contributed by atoms with Crippen LogP contribution in [0.2, 0.25) is 10.0 Å². The first-order valence-corrected chi connectivity index (χ1v) is 7.63. The maximum atomic E-state index is 6.19. The molecule has 3 nitrogen and oxygen atoms in total. The van der Waals surface area contributed by atoms with Crippen LogP contribution >= 0.6 is 23.2 Å². The molecule has 0 saturated heterocycles. The summed E-state index contributed by atoms with van der Waals surface area (Å²) < 4.78 is 0. The van der Waals surface area contributed by atoms with Crippen molar-refractivity contribution in [1.29, 1.82) is 0 Å². The van der Waals surface area contributed by atoms with Crippen LogP contribution in [0.1, 0.15) is 39.5 Å². The van der Waals surface area contributed by atoms with Gasteiger partial charge in [0.2, 0.25) is 0 Å². The highest BCUT2D eigenvalue weighted by Gasteiger charge is 2.31. The summed E-state index contributed by atoms with van der Waals surface area (Å²) in [6, 6.07) is 1.75. The van der Waals surface area contributed by atoms with Crippen molar-refractivity contribution in [3.63, 3.8) is 0 Å². The molecule has 19 heavy (non-hydrogen) atoms. The Kier molecular flexibility index (Phi) is 4.80. The number of nitrogens with zero attached hydrogens (tertiary/aromatic N) is 1. The zero-order valence-electron chi connectivity index (χ0n) is 11.5. The van der Waals surface area contributed by atoms with Gasteiger partial charge in [0.25, 0.3) is 0 Å². The average Bonchev–Trinajstić information content (AvgIpc) is 2.34. The summed E-state index contributed by atoms with van der Waals surface area (Å²) in [6.45, 7) is 6.16. The summed E-state index contributed by atoms with van der Waals surface area (Å²) >= 11 is 12.3. The van der Waals surface area contributed by atoms with Crippen LogP contribution in [0, 0.1) is 5.41 Å². The average molecular weight is 302 g/mol. The van der Waals surface area contributed by atoms with E-state index in [-0.39, 0.29) is 0 Å². The Morgan fingerprint density at radius 3 is 2.37 bits per heavy atom. The van der Waals surface area contributed by atoms with E-state index in [1.807, 2.05) is 0 Å². The molecule has 2 N–H and O–H groups in total. The van der Waals surface area contributed by atoms with Crippen molar-refractivity contribution in [3.8, 4) is 0 Å². The number of halogens is 2. The van der Waals surface area contributed by atoms with Gasteiger partial charge in [0.1, 0.15) is 11.6 Å². The summed E-state index contributed by atoms with van der Waals surface area (Å²) in [5, 5.41) is 7.72. The fourth-order valence-corrected chi connectivity index (χ4v) is 2.70. The molecule has 2 rings (SSSR count). The van der Waals surface area contributed by atoms with Crippen molar-refractivity contribution in [2.45, 2.75) is 39.5 Å². The molecular weight excluding hydrogens is 281 g/mol. The highest BCUT2D eigenvalue weighted by atomic mass is 35.5. The number of nitrogens with one attached hydrogen (secondary N) is 2. The maximum Gasteiger partial charge on any atom is 0.147 e. The molecule has 1 fully saturated rings. The first kappa shape index (κ1) is 14.7. The first-order chi connectivity index (χ1) is 9.04. The Labute approximate surface area is 125 Å². The van der Waals surface area contributed by atoms with Crippen LogP contribution in [-0.4, -0.2) is 18.1 Å². The van der Waals surface area contributed by atoms with E-state index < -0.39 is 0 Å². The summed E-state index contributed by atoms with van der Waals surface area (Å²) in [6.07, 6.45) is 4.89. The van der Waals surface area contributed by atoms with E-state index in [1.54, 1.807) is 6.07 Å². The molecule has 5 heteroatoms. The normalized spacial score (nSPS) is 16.8. The molecule has 0 atom stereocenters. The summed E-state index contributed by atoms with van der Waals surface area (Å²) in [5.41, 5.74) is 0.391. The van der Waals surface area contributed by atoms with Crippen LogP contribution in [0.3, 0.4) is 0 Å². The van der Waals surface area contributed by atoms with Crippen molar-refractivity contribution in [2.75, 3.05) is 23.7 Å². The van der Waals surface area contributed by atoms with Crippen LogP contribution in [0.25, 0.3) is 0 Å². The van der Waals surface area contributed by atoms with Crippen molar-refractivity contribution in [3.05, 3.63) is 16.1 Å². The van der Waals surface area contributed by atoms with Gasteiger partial charge in [-0.3, -0.25) is 0 Å². The van der Waals surface area contributed by atoms with Gasteiger partial charge < -0.3 is 10.6 Å². The fourth-order valence-electron chi connectivity index (χ4n) is 2.21. The Morgan fingerprint density at radius 2 is 1.84 bits per heavy atom. The number of aromatic nitrogens is 1. The molecule has 0 unspecified atom stereocenters. The summed E-state index contributed by atoms with van der Waals surface area (Å²) in [4.78, 5) is 4.48. The van der Waals surface area contributed by atoms with Crippen LogP contribution in [0.15, 0.2) is 6.07 Å². The Bertz CT molecular complexity index is 445. The molecule has 0 aliphatic heterocycles.